The van der Waals surface area contributed by atoms with Gasteiger partial charge in [0.25, 0.3) is 0 Å². The van der Waals surface area contributed by atoms with Crippen molar-refractivity contribution in [3.63, 3.8) is 0 Å². The first-order chi connectivity index (χ1) is 14.2. The molecule has 2 N–H and O–H groups in total. The zero-order chi connectivity index (χ0) is 21.5. The molecule has 30 heavy (non-hydrogen) atoms. The Bertz CT molecular complexity index is 1370. The standard InChI is InChI=1S/C21H18ClN5O2S/c1-13-8-16(6-7-18(13)22)19-9-14(2)25-21(26-19)27-11-20(24-12-27)15-4-3-5-17(10-15)30(23,28)29/h3-12H,1-2H3,(H2,23,28,29). The minimum atomic E-state index is -3.80. The Morgan fingerprint density at radius 1 is 0.967 bits per heavy atom. The lowest BCUT2D eigenvalue weighted by atomic mass is 10.1. The van der Waals surface area contributed by atoms with Crippen molar-refractivity contribution in [2.24, 2.45) is 5.14 Å². The van der Waals surface area contributed by atoms with E-state index in [1.807, 2.05) is 38.1 Å². The molecule has 2 aromatic carbocycles. The third kappa shape index (κ3) is 4.11. The van der Waals surface area contributed by atoms with Crippen molar-refractivity contribution in [3.05, 3.63) is 77.3 Å². The van der Waals surface area contributed by atoms with E-state index in [-0.39, 0.29) is 4.90 Å². The van der Waals surface area contributed by atoms with Crippen molar-refractivity contribution in [2.75, 3.05) is 0 Å². The second-order valence-corrected chi connectivity index (χ2v) is 8.87. The van der Waals surface area contributed by atoms with Crippen LogP contribution >= 0.6 is 11.6 Å². The average Bonchev–Trinajstić information content (AvgIpc) is 3.19. The Morgan fingerprint density at radius 2 is 1.73 bits per heavy atom. The van der Waals surface area contributed by atoms with Crippen LogP contribution in [0.15, 0.2) is 66.0 Å². The first-order valence-electron chi connectivity index (χ1n) is 9.00. The topological polar surface area (TPSA) is 104 Å². The minimum Gasteiger partial charge on any atom is -0.274 e. The molecular weight excluding hydrogens is 422 g/mol. The van der Waals surface area contributed by atoms with Gasteiger partial charge in [-0.2, -0.15) is 0 Å². The van der Waals surface area contributed by atoms with Gasteiger partial charge in [0.2, 0.25) is 16.0 Å². The van der Waals surface area contributed by atoms with Gasteiger partial charge in [-0.1, -0.05) is 29.8 Å². The van der Waals surface area contributed by atoms with Crippen molar-refractivity contribution in [1.29, 1.82) is 0 Å². The van der Waals surface area contributed by atoms with Crippen molar-refractivity contribution in [1.82, 2.24) is 19.5 Å². The van der Waals surface area contributed by atoms with Crippen molar-refractivity contribution in [3.8, 4) is 28.5 Å². The normalized spacial score (nSPS) is 11.6. The van der Waals surface area contributed by atoms with Crippen LogP contribution in [0.4, 0.5) is 0 Å². The van der Waals surface area contributed by atoms with E-state index in [1.165, 1.54) is 12.1 Å². The highest BCUT2D eigenvalue weighted by atomic mass is 35.5. The number of aryl methyl sites for hydroxylation is 2. The Kier molecular flexibility index (Phi) is 5.15. The molecule has 0 aliphatic rings. The van der Waals surface area contributed by atoms with Gasteiger partial charge >= 0.3 is 0 Å². The van der Waals surface area contributed by atoms with Gasteiger partial charge in [0.15, 0.2) is 0 Å². The summed E-state index contributed by atoms with van der Waals surface area (Å²) in [5, 5.41) is 5.93. The number of sulfonamides is 1. The minimum absolute atomic E-state index is 0.0294. The number of halogens is 1. The lowest BCUT2D eigenvalue weighted by Crippen LogP contribution is -2.11. The first kappa shape index (κ1) is 20.2. The molecule has 9 heteroatoms. The summed E-state index contributed by atoms with van der Waals surface area (Å²) in [6.07, 6.45) is 3.33. The van der Waals surface area contributed by atoms with E-state index >= 15 is 0 Å². The van der Waals surface area contributed by atoms with Crippen molar-refractivity contribution in [2.45, 2.75) is 18.7 Å². The maximum absolute atomic E-state index is 11.6. The zero-order valence-corrected chi connectivity index (χ0v) is 17.8. The molecule has 2 aromatic heterocycles. The largest absolute Gasteiger partial charge is 0.274 e. The first-order valence-corrected chi connectivity index (χ1v) is 10.9. The van der Waals surface area contributed by atoms with Gasteiger partial charge in [0, 0.05) is 28.0 Å². The number of nitrogens with two attached hydrogens (primary N) is 1. The van der Waals surface area contributed by atoms with Crippen LogP contribution in [0.25, 0.3) is 28.5 Å². The van der Waals surface area contributed by atoms with E-state index in [1.54, 1.807) is 29.2 Å². The summed E-state index contributed by atoms with van der Waals surface area (Å²) in [6.45, 7) is 3.84. The molecule has 0 unspecified atom stereocenters. The number of primary sulfonamides is 1. The average molecular weight is 440 g/mol. The van der Waals surface area contributed by atoms with Crippen LogP contribution in [-0.2, 0) is 10.0 Å². The number of imidazole rings is 1. The number of benzene rings is 2. The van der Waals surface area contributed by atoms with E-state index in [2.05, 4.69) is 15.0 Å². The van der Waals surface area contributed by atoms with E-state index in [4.69, 9.17) is 16.7 Å². The fourth-order valence-electron chi connectivity index (χ4n) is 3.03. The summed E-state index contributed by atoms with van der Waals surface area (Å²) >= 11 is 6.14. The van der Waals surface area contributed by atoms with Crippen LogP contribution in [0.2, 0.25) is 5.02 Å². The second kappa shape index (κ2) is 7.64. The number of rotatable bonds is 4. The fourth-order valence-corrected chi connectivity index (χ4v) is 3.71. The summed E-state index contributed by atoms with van der Waals surface area (Å²) in [5.74, 6) is 0.457. The summed E-state index contributed by atoms with van der Waals surface area (Å²) in [4.78, 5) is 13.6. The van der Waals surface area contributed by atoms with Crippen molar-refractivity contribution >= 4 is 21.6 Å². The molecule has 4 aromatic rings. The van der Waals surface area contributed by atoms with E-state index in [0.29, 0.717) is 22.2 Å². The molecule has 0 spiro atoms. The van der Waals surface area contributed by atoms with Crippen LogP contribution in [0.3, 0.4) is 0 Å². The Hall–Kier alpha value is -3.07. The van der Waals surface area contributed by atoms with E-state index in [0.717, 1.165) is 22.5 Å². The predicted octanol–water partition coefficient (Wildman–Crippen LogP) is 3.91. The number of aromatic nitrogens is 4. The molecule has 152 valence electrons. The van der Waals surface area contributed by atoms with Crippen molar-refractivity contribution < 1.29 is 8.42 Å². The Labute approximate surface area is 179 Å². The summed E-state index contributed by atoms with van der Waals surface area (Å²) < 4.78 is 24.9. The smallest absolute Gasteiger partial charge is 0.238 e. The molecule has 0 atom stereocenters. The molecule has 0 aliphatic carbocycles. The monoisotopic (exact) mass is 439 g/mol. The molecular formula is C21H18ClN5O2S. The molecule has 0 amide bonds. The number of hydrogen-bond donors (Lipinski definition) is 1. The maximum atomic E-state index is 11.6. The van der Waals surface area contributed by atoms with Crippen LogP contribution in [-0.4, -0.2) is 27.9 Å². The van der Waals surface area contributed by atoms with Gasteiger partial charge in [-0.05, 0) is 49.7 Å². The molecule has 7 nitrogen and oxygen atoms in total. The molecule has 0 radical (unpaired) electrons. The van der Waals surface area contributed by atoms with Gasteiger partial charge in [-0.3, -0.25) is 4.57 Å². The van der Waals surface area contributed by atoms with E-state index in [9.17, 15) is 8.42 Å². The SMILES string of the molecule is Cc1cc(-c2ccc(Cl)c(C)c2)nc(-n2cnc(-c3cccc(S(N)(=O)=O)c3)c2)n1. The van der Waals surface area contributed by atoms with Crippen LogP contribution < -0.4 is 5.14 Å². The Balaban J connectivity index is 1.74. The highest BCUT2D eigenvalue weighted by Gasteiger charge is 2.12. The van der Waals surface area contributed by atoms with Gasteiger partial charge in [-0.15, -0.1) is 0 Å². The molecule has 2 heterocycles. The summed E-state index contributed by atoms with van der Waals surface area (Å²) in [7, 11) is -3.80. The zero-order valence-electron chi connectivity index (χ0n) is 16.2. The van der Waals surface area contributed by atoms with E-state index < -0.39 is 10.0 Å². The third-order valence-corrected chi connectivity index (χ3v) is 5.90. The number of hydrogen-bond acceptors (Lipinski definition) is 5. The highest BCUT2D eigenvalue weighted by molar-refractivity contribution is 7.89. The maximum Gasteiger partial charge on any atom is 0.238 e. The van der Waals surface area contributed by atoms with Gasteiger partial charge in [0.05, 0.1) is 16.3 Å². The summed E-state index contributed by atoms with van der Waals surface area (Å²) in [5.41, 5.74) is 4.67. The third-order valence-electron chi connectivity index (χ3n) is 4.57. The van der Waals surface area contributed by atoms with Gasteiger partial charge < -0.3 is 0 Å². The summed E-state index contributed by atoms with van der Waals surface area (Å²) in [6, 6.07) is 14.0. The number of nitrogens with zero attached hydrogens (tertiary/aromatic N) is 4. The van der Waals surface area contributed by atoms with Gasteiger partial charge in [-0.25, -0.2) is 28.5 Å². The molecule has 0 saturated heterocycles. The lowest BCUT2D eigenvalue weighted by molar-refractivity contribution is 0.598. The van der Waals surface area contributed by atoms with Crippen LogP contribution in [0, 0.1) is 13.8 Å². The van der Waals surface area contributed by atoms with Crippen LogP contribution in [0.5, 0.6) is 0 Å². The van der Waals surface area contributed by atoms with Gasteiger partial charge in [0.1, 0.15) is 6.33 Å². The lowest BCUT2D eigenvalue weighted by Gasteiger charge is -2.08. The molecule has 0 aliphatic heterocycles. The Morgan fingerprint density at radius 3 is 2.47 bits per heavy atom. The molecule has 0 fully saturated rings. The van der Waals surface area contributed by atoms with Crippen LogP contribution in [0.1, 0.15) is 11.3 Å². The molecule has 4 rings (SSSR count). The highest BCUT2D eigenvalue weighted by Crippen LogP contribution is 2.25. The molecule has 0 bridgehead atoms. The fraction of sp³-hybridized carbons (Fsp3) is 0.0952. The quantitative estimate of drug-likeness (QED) is 0.519. The predicted molar refractivity (Wildman–Crippen MR) is 116 cm³/mol. The molecule has 0 saturated carbocycles. The second-order valence-electron chi connectivity index (χ2n) is 6.90.